The van der Waals surface area contributed by atoms with Crippen LogP contribution >= 0.6 is 11.8 Å². The molecule has 1 unspecified atom stereocenters. The lowest BCUT2D eigenvalue weighted by molar-refractivity contribution is 0.577. The molecule has 1 heterocycles. The van der Waals surface area contributed by atoms with Gasteiger partial charge in [0.15, 0.2) is 9.84 Å². The van der Waals surface area contributed by atoms with Gasteiger partial charge in [0.2, 0.25) is 0 Å². The molecule has 21 heavy (non-hydrogen) atoms. The van der Waals surface area contributed by atoms with E-state index in [-0.39, 0.29) is 5.82 Å². The number of nitrogens with zero attached hydrogens (tertiary/aromatic N) is 1. The average Bonchev–Trinajstić information content (AvgIpc) is 2.45. The Labute approximate surface area is 130 Å². The SMILES string of the molecule is CCNCc1c(F)cccc1N1CCSCC1S(C)(=O)=O. The van der Waals surface area contributed by atoms with E-state index in [1.807, 2.05) is 17.9 Å². The number of hydrogen-bond donors (Lipinski definition) is 1. The van der Waals surface area contributed by atoms with Crippen molar-refractivity contribution in [3.8, 4) is 0 Å². The molecular weight excluding hydrogens is 311 g/mol. The van der Waals surface area contributed by atoms with Gasteiger partial charge in [-0.15, -0.1) is 0 Å². The van der Waals surface area contributed by atoms with Crippen LogP contribution in [0.1, 0.15) is 12.5 Å². The van der Waals surface area contributed by atoms with E-state index in [0.29, 0.717) is 30.1 Å². The number of thioether (sulfide) groups is 1. The van der Waals surface area contributed by atoms with Gasteiger partial charge in [-0.2, -0.15) is 11.8 Å². The minimum Gasteiger partial charge on any atom is -0.353 e. The van der Waals surface area contributed by atoms with Crippen molar-refractivity contribution in [2.75, 3.05) is 35.8 Å². The summed E-state index contributed by atoms with van der Waals surface area (Å²) in [5, 5.41) is 2.53. The first-order valence-corrected chi connectivity index (χ1v) is 10.1. The van der Waals surface area contributed by atoms with Crippen LogP contribution in [0.4, 0.5) is 10.1 Å². The van der Waals surface area contributed by atoms with Crippen LogP contribution in [0.3, 0.4) is 0 Å². The molecule has 1 aromatic carbocycles. The first-order valence-electron chi connectivity index (χ1n) is 6.96. The zero-order valence-corrected chi connectivity index (χ0v) is 13.9. The van der Waals surface area contributed by atoms with E-state index in [9.17, 15) is 12.8 Å². The average molecular weight is 332 g/mol. The second kappa shape index (κ2) is 6.98. The summed E-state index contributed by atoms with van der Waals surface area (Å²) in [6.45, 7) is 3.71. The molecule has 1 aliphatic rings. The quantitative estimate of drug-likeness (QED) is 0.892. The van der Waals surface area contributed by atoms with E-state index in [0.717, 1.165) is 12.3 Å². The number of benzene rings is 1. The van der Waals surface area contributed by atoms with Crippen LogP contribution < -0.4 is 10.2 Å². The van der Waals surface area contributed by atoms with Gasteiger partial charge in [0, 0.05) is 42.1 Å². The molecule has 0 aromatic heterocycles. The Bertz CT molecular complexity index is 593. The molecule has 1 fully saturated rings. The molecule has 1 atom stereocenters. The monoisotopic (exact) mass is 332 g/mol. The van der Waals surface area contributed by atoms with E-state index in [1.54, 1.807) is 17.8 Å². The molecule has 1 aromatic rings. The minimum absolute atomic E-state index is 0.293. The number of nitrogens with one attached hydrogen (secondary N) is 1. The molecule has 118 valence electrons. The van der Waals surface area contributed by atoms with Crippen molar-refractivity contribution in [3.63, 3.8) is 0 Å². The molecule has 1 aliphatic heterocycles. The van der Waals surface area contributed by atoms with E-state index in [1.165, 1.54) is 12.3 Å². The van der Waals surface area contributed by atoms with Gasteiger partial charge in [-0.25, -0.2) is 12.8 Å². The highest BCUT2D eigenvalue weighted by atomic mass is 32.2. The highest BCUT2D eigenvalue weighted by Gasteiger charge is 2.32. The normalized spacial score (nSPS) is 19.8. The lowest BCUT2D eigenvalue weighted by Gasteiger charge is -2.37. The summed E-state index contributed by atoms with van der Waals surface area (Å²) in [5.74, 6) is 1.08. The predicted octanol–water partition coefficient (Wildman–Crippen LogP) is 1.86. The largest absolute Gasteiger partial charge is 0.353 e. The summed E-state index contributed by atoms with van der Waals surface area (Å²) in [4.78, 5) is 1.83. The molecule has 0 saturated carbocycles. The maximum atomic E-state index is 14.1. The Morgan fingerprint density at radius 3 is 2.90 bits per heavy atom. The Morgan fingerprint density at radius 2 is 2.24 bits per heavy atom. The maximum Gasteiger partial charge on any atom is 0.169 e. The van der Waals surface area contributed by atoms with Gasteiger partial charge in [0.25, 0.3) is 0 Å². The van der Waals surface area contributed by atoms with Crippen LogP contribution in [0.5, 0.6) is 0 Å². The van der Waals surface area contributed by atoms with Crippen molar-refractivity contribution in [1.82, 2.24) is 5.32 Å². The third-order valence-electron chi connectivity index (χ3n) is 3.53. The molecule has 2 rings (SSSR count). The molecule has 0 amide bonds. The van der Waals surface area contributed by atoms with Gasteiger partial charge >= 0.3 is 0 Å². The van der Waals surface area contributed by atoms with Gasteiger partial charge in [0.05, 0.1) is 0 Å². The lowest BCUT2D eigenvalue weighted by atomic mass is 10.1. The van der Waals surface area contributed by atoms with Crippen LogP contribution in [0.15, 0.2) is 18.2 Å². The zero-order valence-electron chi connectivity index (χ0n) is 12.3. The third-order valence-corrected chi connectivity index (χ3v) is 6.18. The molecule has 7 heteroatoms. The van der Waals surface area contributed by atoms with Crippen LogP contribution in [0.25, 0.3) is 0 Å². The third kappa shape index (κ3) is 3.90. The highest BCUT2D eigenvalue weighted by molar-refractivity contribution is 8.01. The van der Waals surface area contributed by atoms with Gasteiger partial charge < -0.3 is 10.2 Å². The van der Waals surface area contributed by atoms with Crippen LogP contribution in [0.2, 0.25) is 0 Å². The van der Waals surface area contributed by atoms with Crippen molar-refractivity contribution in [3.05, 3.63) is 29.6 Å². The van der Waals surface area contributed by atoms with Gasteiger partial charge in [-0.3, -0.25) is 0 Å². The number of sulfone groups is 1. The Hall–Kier alpha value is -0.790. The van der Waals surface area contributed by atoms with Crippen molar-refractivity contribution in [2.24, 2.45) is 0 Å². The molecule has 0 spiro atoms. The summed E-state index contributed by atoms with van der Waals surface area (Å²) in [7, 11) is -3.21. The van der Waals surface area contributed by atoms with E-state index >= 15 is 0 Å². The molecule has 0 bridgehead atoms. The summed E-state index contributed by atoms with van der Waals surface area (Å²) in [6.07, 6.45) is 1.25. The summed E-state index contributed by atoms with van der Waals surface area (Å²) in [5.41, 5.74) is 1.23. The van der Waals surface area contributed by atoms with Gasteiger partial charge in [0.1, 0.15) is 11.2 Å². The summed E-state index contributed by atoms with van der Waals surface area (Å²) >= 11 is 1.63. The fourth-order valence-corrected chi connectivity index (χ4v) is 5.29. The van der Waals surface area contributed by atoms with Crippen LogP contribution in [-0.4, -0.2) is 44.6 Å². The molecule has 4 nitrogen and oxygen atoms in total. The van der Waals surface area contributed by atoms with Crippen molar-refractivity contribution < 1.29 is 12.8 Å². The predicted molar refractivity (Wildman–Crippen MR) is 87.1 cm³/mol. The first-order chi connectivity index (χ1) is 9.95. The molecule has 1 saturated heterocycles. The van der Waals surface area contributed by atoms with Crippen LogP contribution in [-0.2, 0) is 16.4 Å². The maximum absolute atomic E-state index is 14.1. The van der Waals surface area contributed by atoms with Gasteiger partial charge in [-0.05, 0) is 18.7 Å². The topological polar surface area (TPSA) is 49.4 Å². The fraction of sp³-hybridized carbons (Fsp3) is 0.571. The number of anilines is 1. The fourth-order valence-electron chi connectivity index (χ4n) is 2.45. The number of hydrogen-bond acceptors (Lipinski definition) is 5. The van der Waals surface area contributed by atoms with E-state index in [4.69, 9.17) is 0 Å². The molecular formula is C14H21FN2O2S2. The zero-order chi connectivity index (χ0) is 15.5. The summed E-state index contributed by atoms with van der Waals surface area (Å²) < 4.78 is 38.2. The molecule has 0 radical (unpaired) electrons. The Kier molecular flexibility index (Phi) is 5.51. The lowest BCUT2D eigenvalue weighted by Crippen LogP contribution is -2.47. The Balaban J connectivity index is 2.41. The van der Waals surface area contributed by atoms with Gasteiger partial charge in [-0.1, -0.05) is 13.0 Å². The number of rotatable bonds is 5. The van der Waals surface area contributed by atoms with E-state index < -0.39 is 15.2 Å². The standard InChI is InChI=1S/C14H21FN2O2S2/c1-3-16-9-11-12(15)5-4-6-13(11)17-7-8-20-10-14(17)21(2,18)19/h4-6,14,16H,3,7-10H2,1-2H3. The Morgan fingerprint density at radius 1 is 1.48 bits per heavy atom. The minimum atomic E-state index is -3.21. The smallest absolute Gasteiger partial charge is 0.169 e. The van der Waals surface area contributed by atoms with Crippen molar-refractivity contribution in [2.45, 2.75) is 18.8 Å². The van der Waals surface area contributed by atoms with Crippen molar-refractivity contribution >= 4 is 27.3 Å². The molecule has 1 N–H and O–H groups in total. The van der Waals surface area contributed by atoms with Crippen LogP contribution in [0, 0.1) is 5.82 Å². The highest BCUT2D eigenvalue weighted by Crippen LogP contribution is 2.30. The van der Waals surface area contributed by atoms with Crippen molar-refractivity contribution in [1.29, 1.82) is 0 Å². The molecule has 0 aliphatic carbocycles. The first kappa shape index (κ1) is 16.6. The summed E-state index contributed by atoms with van der Waals surface area (Å²) in [6, 6.07) is 4.87. The second-order valence-electron chi connectivity index (χ2n) is 5.07. The number of halogens is 1. The second-order valence-corrected chi connectivity index (χ2v) is 8.42. The van der Waals surface area contributed by atoms with E-state index in [2.05, 4.69) is 5.32 Å².